The van der Waals surface area contributed by atoms with Crippen LogP contribution < -0.4 is 0 Å². The zero-order chi connectivity index (χ0) is 7.56. The fourth-order valence-corrected chi connectivity index (χ4v) is 1.13. The maximum atomic E-state index is 10.2. The summed E-state index contributed by atoms with van der Waals surface area (Å²) in [5.74, 6) is 0. The molecule has 1 fully saturated rings. The lowest BCUT2D eigenvalue weighted by atomic mass is 10.2. The van der Waals surface area contributed by atoms with Crippen LogP contribution in [0.5, 0.6) is 0 Å². The largest absolute Gasteiger partial charge is 0.332 e. The van der Waals surface area contributed by atoms with E-state index in [4.69, 9.17) is 0 Å². The third kappa shape index (κ3) is 1.48. The summed E-state index contributed by atoms with van der Waals surface area (Å²) in [6, 6.07) is 0.482. The van der Waals surface area contributed by atoms with Gasteiger partial charge in [-0.05, 0) is 14.0 Å². The smallest absolute Gasteiger partial charge is 0.312 e. The molecule has 0 aromatic carbocycles. The van der Waals surface area contributed by atoms with Gasteiger partial charge in [0, 0.05) is 25.7 Å². The van der Waals surface area contributed by atoms with Gasteiger partial charge < -0.3 is 9.80 Å². The van der Waals surface area contributed by atoms with Crippen molar-refractivity contribution in [2.75, 3.05) is 26.7 Å². The minimum atomic E-state index is 0.482. The van der Waals surface area contributed by atoms with Crippen molar-refractivity contribution >= 4 is 6.41 Å². The van der Waals surface area contributed by atoms with Gasteiger partial charge in [0.15, 0.2) is 0 Å². The molecule has 1 heterocycles. The third-order valence-corrected chi connectivity index (χ3v) is 2.09. The van der Waals surface area contributed by atoms with Crippen LogP contribution in [0, 0.1) is 0 Å². The first-order valence-corrected chi connectivity index (χ1v) is 3.57. The molecular weight excluding hydrogens is 128 g/mol. The Morgan fingerprint density at radius 3 is 2.70 bits per heavy atom. The maximum absolute atomic E-state index is 10.2. The number of hydrogen-bond acceptors (Lipinski definition) is 2. The molecule has 10 heavy (non-hydrogen) atoms. The number of rotatable bonds is 1. The average Bonchev–Trinajstić information content (AvgIpc) is 1.95. The monoisotopic (exact) mass is 141 g/mol. The molecule has 0 aromatic rings. The lowest BCUT2D eigenvalue weighted by Crippen LogP contribution is -2.49. The average molecular weight is 141 g/mol. The molecule has 0 spiro atoms. The van der Waals surface area contributed by atoms with Gasteiger partial charge in [0.2, 0.25) is 0 Å². The summed E-state index contributed by atoms with van der Waals surface area (Å²) in [7, 11) is 2.08. The normalized spacial score (nSPS) is 28.6. The number of hydrogen-bond donors (Lipinski definition) is 0. The molecule has 1 atom stereocenters. The van der Waals surface area contributed by atoms with E-state index in [1.54, 1.807) is 4.90 Å². The molecule has 0 aromatic heterocycles. The summed E-state index contributed by atoms with van der Waals surface area (Å²) >= 11 is 0. The number of nitrogens with zero attached hydrogens (tertiary/aromatic N) is 2. The Balaban J connectivity index is 2.40. The van der Waals surface area contributed by atoms with E-state index in [1.165, 1.54) is 0 Å². The highest BCUT2D eigenvalue weighted by Crippen LogP contribution is 2.03. The van der Waals surface area contributed by atoms with Crippen LogP contribution in [0.4, 0.5) is 0 Å². The zero-order valence-electron chi connectivity index (χ0n) is 6.50. The molecule has 1 saturated heterocycles. The van der Waals surface area contributed by atoms with Crippen molar-refractivity contribution in [2.24, 2.45) is 0 Å². The predicted octanol–water partition coefficient (Wildman–Crippen LogP) is -0.310. The molecule has 0 N–H and O–H groups in total. The van der Waals surface area contributed by atoms with E-state index >= 15 is 0 Å². The Morgan fingerprint density at radius 2 is 2.20 bits per heavy atom. The van der Waals surface area contributed by atoms with Gasteiger partial charge >= 0.3 is 6.41 Å². The van der Waals surface area contributed by atoms with Gasteiger partial charge in [0.05, 0.1) is 0 Å². The first kappa shape index (κ1) is 7.54. The van der Waals surface area contributed by atoms with Crippen LogP contribution >= 0.6 is 0 Å². The lowest BCUT2D eigenvalue weighted by molar-refractivity contribution is 0.150. The van der Waals surface area contributed by atoms with E-state index in [9.17, 15) is 4.79 Å². The van der Waals surface area contributed by atoms with Crippen LogP contribution in [0.25, 0.3) is 0 Å². The molecule has 3 nitrogen and oxygen atoms in total. The molecule has 0 saturated carbocycles. The Kier molecular flexibility index (Phi) is 2.27. The molecule has 1 radical (unpaired) electrons. The quantitative estimate of drug-likeness (QED) is 0.500. The summed E-state index contributed by atoms with van der Waals surface area (Å²) in [5.41, 5.74) is 0. The molecule has 57 valence electrons. The Morgan fingerprint density at radius 1 is 1.50 bits per heavy atom. The summed E-state index contributed by atoms with van der Waals surface area (Å²) in [6.45, 7) is 4.73. The zero-order valence-corrected chi connectivity index (χ0v) is 6.50. The molecule has 3 heteroatoms. The van der Waals surface area contributed by atoms with Gasteiger partial charge in [-0.25, -0.2) is 0 Å². The molecule has 1 aliphatic rings. The van der Waals surface area contributed by atoms with Gasteiger partial charge in [0.1, 0.15) is 0 Å². The number of likely N-dealkylation sites (N-methyl/N-ethyl adjacent to an activating group) is 1. The molecule has 0 unspecified atom stereocenters. The number of piperazine rings is 1. The van der Waals surface area contributed by atoms with E-state index in [-0.39, 0.29) is 0 Å². The van der Waals surface area contributed by atoms with Crippen molar-refractivity contribution in [1.82, 2.24) is 9.80 Å². The minimum absolute atomic E-state index is 0.482. The molecule has 0 bridgehead atoms. The first-order chi connectivity index (χ1) is 4.74. The van der Waals surface area contributed by atoms with E-state index in [1.807, 2.05) is 6.41 Å². The molecular formula is C7H13N2O. The van der Waals surface area contributed by atoms with Crippen LogP contribution in [0.15, 0.2) is 0 Å². The van der Waals surface area contributed by atoms with Crippen molar-refractivity contribution < 1.29 is 4.79 Å². The third-order valence-electron chi connectivity index (χ3n) is 2.09. The van der Waals surface area contributed by atoms with Crippen molar-refractivity contribution in [3.05, 3.63) is 0 Å². The maximum Gasteiger partial charge on any atom is 0.312 e. The minimum Gasteiger partial charge on any atom is -0.332 e. The van der Waals surface area contributed by atoms with Crippen LogP contribution in [0.1, 0.15) is 6.92 Å². The molecule has 1 amide bonds. The second-order valence-electron chi connectivity index (χ2n) is 2.87. The first-order valence-electron chi connectivity index (χ1n) is 3.57. The highest BCUT2D eigenvalue weighted by Gasteiger charge is 2.19. The Labute approximate surface area is 61.6 Å². The summed E-state index contributed by atoms with van der Waals surface area (Å²) in [6.07, 6.45) is 1.91. The van der Waals surface area contributed by atoms with E-state index in [0.717, 1.165) is 19.6 Å². The second-order valence-corrected chi connectivity index (χ2v) is 2.87. The van der Waals surface area contributed by atoms with Gasteiger partial charge in [-0.15, -0.1) is 0 Å². The number of amides is 1. The molecule has 0 aliphatic carbocycles. The SMILES string of the molecule is C[C@H]1CN([C]=O)CCN1C. The van der Waals surface area contributed by atoms with Crippen LogP contribution in [0.3, 0.4) is 0 Å². The summed E-state index contributed by atoms with van der Waals surface area (Å²) in [4.78, 5) is 14.1. The van der Waals surface area contributed by atoms with Gasteiger partial charge in [-0.1, -0.05) is 0 Å². The van der Waals surface area contributed by atoms with Gasteiger partial charge in [-0.2, -0.15) is 0 Å². The van der Waals surface area contributed by atoms with Crippen molar-refractivity contribution in [2.45, 2.75) is 13.0 Å². The summed E-state index contributed by atoms with van der Waals surface area (Å²) < 4.78 is 0. The van der Waals surface area contributed by atoms with Gasteiger partial charge in [-0.3, -0.25) is 4.79 Å². The Hall–Kier alpha value is -0.570. The second kappa shape index (κ2) is 3.01. The van der Waals surface area contributed by atoms with Crippen LogP contribution in [-0.4, -0.2) is 48.9 Å². The fourth-order valence-electron chi connectivity index (χ4n) is 1.13. The molecule has 1 aliphatic heterocycles. The van der Waals surface area contributed by atoms with Crippen LogP contribution in [0.2, 0.25) is 0 Å². The lowest BCUT2D eigenvalue weighted by Gasteiger charge is -2.34. The summed E-state index contributed by atoms with van der Waals surface area (Å²) in [5, 5.41) is 0. The van der Waals surface area contributed by atoms with Crippen LogP contribution in [-0.2, 0) is 4.79 Å². The molecule has 1 rings (SSSR count). The standard InChI is InChI=1S/C7H13N2O/c1-7-5-9(6-10)4-3-8(7)2/h7H,3-5H2,1-2H3/t7-/m0/s1. The fraction of sp³-hybridized carbons (Fsp3) is 0.857. The van der Waals surface area contributed by atoms with E-state index < -0.39 is 0 Å². The van der Waals surface area contributed by atoms with Crippen molar-refractivity contribution in [3.63, 3.8) is 0 Å². The van der Waals surface area contributed by atoms with Gasteiger partial charge in [0.25, 0.3) is 0 Å². The highest BCUT2D eigenvalue weighted by atomic mass is 16.1. The van der Waals surface area contributed by atoms with Crippen molar-refractivity contribution in [3.8, 4) is 0 Å². The topological polar surface area (TPSA) is 23.6 Å². The highest BCUT2D eigenvalue weighted by molar-refractivity contribution is 5.48. The number of carbonyl (C=O) groups excluding carboxylic acids is 1. The predicted molar refractivity (Wildman–Crippen MR) is 39.4 cm³/mol. The Bertz CT molecular complexity index is 127. The van der Waals surface area contributed by atoms with Crippen molar-refractivity contribution in [1.29, 1.82) is 0 Å². The van der Waals surface area contributed by atoms with E-state index in [0.29, 0.717) is 6.04 Å². The van der Waals surface area contributed by atoms with E-state index in [2.05, 4.69) is 18.9 Å².